The van der Waals surface area contributed by atoms with Gasteiger partial charge in [-0.2, -0.15) is 0 Å². The van der Waals surface area contributed by atoms with Gasteiger partial charge in [0.05, 0.1) is 12.1 Å². The summed E-state index contributed by atoms with van der Waals surface area (Å²) >= 11 is 7.44. The number of anilines is 1. The first-order valence-corrected chi connectivity index (χ1v) is 8.87. The quantitative estimate of drug-likeness (QED) is 0.584. The molecule has 0 bridgehead atoms. The number of fused-ring (bicyclic) bond motifs is 1. The molecule has 7 heteroatoms. The molecule has 4 rings (SSSR count). The van der Waals surface area contributed by atoms with E-state index in [0.29, 0.717) is 10.8 Å². The number of thiazole rings is 1. The lowest BCUT2D eigenvalue weighted by atomic mass is 10.2. The topological polar surface area (TPSA) is 59.3 Å². The molecule has 0 aliphatic carbocycles. The second kappa shape index (κ2) is 6.66. The zero-order valence-corrected chi connectivity index (χ0v) is 14.6. The molecule has 0 fully saturated rings. The van der Waals surface area contributed by atoms with E-state index in [0.717, 1.165) is 21.9 Å². The van der Waals surface area contributed by atoms with Crippen LogP contribution >= 0.6 is 22.9 Å². The third kappa shape index (κ3) is 3.40. The molecule has 0 spiro atoms. The number of nitrogens with one attached hydrogen (secondary N) is 1. The van der Waals surface area contributed by atoms with Crippen molar-refractivity contribution in [3.63, 3.8) is 0 Å². The minimum Gasteiger partial charge on any atom is -0.310 e. The van der Waals surface area contributed by atoms with Gasteiger partial charge in [-0.15, -0.1) is 11.3 Å². The molecule has 3 aromatic heterocycles. The average Bonchev–Trinajstić information content (AvgIpc) is 3.18. The van der Waals surface area contributed by atoms with Crippen molar-refractivity contribution in [3.8, 4) is 11.3 Å². The van der Waals surface area contributed by atoms with Crippen molar-refractivity contribution < 1.29 is 4.79 Å². The van der Waals surface area contributed by atoms with Gasteiger partial charge in [0, 0.05) is 34.1 Å². The summed E-state index contributed by atoms with van der Waals surface area (Å²) in [5.74, 6) is 0.437. The number of nitrogens with zero attached hydrogens (tertiary/aromatic N) is 3. The SMILES string of the molecule is O=C(Cc1csc2nc(-c3ccc(Cl)cc3)cn12)Nc1ccccn1. The van der Waals surface area contributed by atoms with Crippen molar-refractivity contribution >= 4 is 39.6 Å². The van der Waals surface area contributed by atoms with Gasteiger partial charge in [0.15, 0.2) is 4.96 Å². The number of halogens is 1. The Morgan fingerprint density at radius 3 is 2.80 bits per heavy atom. The summed E-state index contributed by atoms with van der Waals surface area (Å²) in [7, 11) is 0. The van der Waals surface area contributed by atoms with Gasteiger partial charge in [-0.1, -0.05) is 29.8 Å². The normalized spacial score (nSPS) is 10.9. The Hall–Kier alpha value is -2.70. The molecule has 0 aliphatic heterocycles. The predicted octanol–water partition coefficient (Wildman–Crippen LogP) is 4.29. The molecule has 25 heavy (non-hydrogen) atoms. The molecule has 3 heterocycles. The van der Waals surface area contributed by atoms with Gasteiger partial charge in [0.2, 0.25) is 5.91 Å². The van der Waals surface area contributed by atoms with E-state index in [-0.39, 0.29) is 12.3 Å². The van der Waals surface area contributed by atoms with Crippen LogP contribution in [0.1, 0.15) is 5.69 Å². The largest absolute Gasteiger partial charge is 0.310 e. The smallest absolute Gasteiger partial charge is 0.231 e. The Balaban J connectivity index is 1.56. The van der Waals surface area contributed by atoms with Crippen molar-refractivity contribution in [2.24, 2.45) is 0 Å². The molecular weight excluding hydrogens is 356 g/mol. The van der Waals surface area contributed by atoms with E-state index in [2.05, 4.69) is 15.3 Å². The number of aromatic nitrogens is 3. The number of rotatable bonds is 4. The zero-order valence-electron chi connectivity index (χ0n) is 13.0. The highest BCUT2D eigenvalue weighted by Gasteiger charge is 2.13. The molecule has 1 amide bonds. The van der Waals surface area contributed by atoms with Crippen molar-refractivity contribution in [2.45, 2.75) is 6.42 Å². The number of carbonyl (C=O) groups excluding carboxylic acids is 1. The summed E-state index contributed by atoms with van der Waals surface area (Å²) in [6, 6.07) is 12.9. The van der Waals surface area contributed by atoms with Crippen molar-refractivity contribution in [2.75, 3.05) is 5.32 Å². The summed E-state index contributed by atoms with van der Waals surface area (Å²) in [5.41, 5.74) is 2.74. The highest BCUT2D eigenvalue weighted by atomic mass is 35.5. The fourth-order valence-electron chi connectivity index (χ4n) is 2.50. The van der Waals surface area contributed by atoms with Crippen LogP contribution in [0.4, 0.5) is 5.82 Å². The van der Waals surface area contributed by atoms with Crippen molar-refractivity contribution in [1.82, 2.24) is 14.4 Å². The van der Waals surface area contributed by atoms with Gasteiger partial charge in [0.25, 0.3) is 0 Å². The maximum Gasteiger partial charge on any atom is 0.231 e. The minimum absolute atomic E-state index is 0.111. The van der Waals surface area contributed by atoms with E-state index in [1.165, 1.54) is 11.3 Å². The van der Waals surface area contributed by atoms with Gasteiger partial charge >= 0.3 is 0 Å². The Bertz CT molecular complexity index is 1020. The molecule has 1 aromatic carbocycles. The Kier molecular flexibility index (Phi) is 4.21. The van der Waals surface area contributed by atoms with E-state index >= 15 is 0 Å². The summed E-state index contributed by atoms with van der Waals surface area (Å²) in [6.07, 6.45) is 3.85. The monoisotopic (exact) mass is 368 g/mol. The molecule has 0 radical (unpaired) electrons. The highest BCUT2D eigenvalue weighted by Crippen LogP contribution is 2.25. The molecule has 0 saturated carbocycles. The van der Waals surface area contributed by atoms with Gasteiger partial charge in [-0.05, 0) is 24.3 Å². The molecule has 4 aromatic rings. The van der Waals surface area contributed by atoms with Gasteiger partial charge in [-0.25, -0.2) is 9.97 Å². The fourth-order valence-corrected chi connectivity index (χ4v) is 3.50. The molecule has 5 nitrogen and oxygen atoms in total. The number of pyridine rings is 1. The third-order valence-corrected chi connectivity index (χ3v) is 4.84. The summed E-state index contributed by atoms with van der Waals surface area (Å²) in [5, 5.41) is 5.44. The number of hydrogen-bond donors (Lipinski definition) is 1. The first-order chi connectivity index (χ1) is 12.2. The van der Waals surface area contributed by atoms with E-state index in [9.17, 15) is 4.79 Å². The third-order valence-electron chi connectivity index (χ3n) is 3.70. The van der Waals surface area contributed by atoms with E-state index < -0.39 is 0 Å². The number of amides is 1. The molecule has 0 saturated heterocycles. The summed E-state index contributed by atoms with van der Waals surface area (Å²) in [6.45, 7) is 0. The first-order valence-electron chi connectivity index (χ1n) is 7.61. The second-order valence-corrected chi connectivity index (χ2v) is 6.73. The molecule has 124 valence electrons. The van der Waals surface area contributed by atoms with Crippen molar-refractivity contribution in [1.29, 1.82) is 0 Å². The van der Waals surface area contributed by atoms with Gasteiger partial charge in [-0.3, -0.25) is 9.20 Å². The summed E-state index contributed by atoms with van der Waals surface area (Å²) < 4.78 is 1.95. The van der Waals surface area contributed by atoms with Crippen LogP contribution in [0.5, 0.6) is 0 Å². The Morgan fingerprint density at radius 1 is 1.20 bits per heavy atom. The number of carbonyl (C=O) groups is 1. The number of hydrogen-bond acceptors (Lipinski definition) is 4. The van der Waals surface area contributed by atoms with Crippen molar-refractivity contribution in [3.05, 3.63) is 71.0 Å². The maximum atomic E-state index is 12.2. The van der Waals surface area contributed by atoms with Gasteiger partial charge in [0.1, 0.15) is 5.82 Å². The lowest BCUT2D eigenvalue weighted by Gasteiger charge is -2.03. The summed E-state index contributed by atoms with van der Waals surface area (Å²) in [4.78, 5) is 21.8. The molecular formula is C18H13ClN4OS. The van der Waals surface area contributed by atoms with Crippen LogP contribution in [-0.4, -0.2) is 20.3 Å². The number of imidazole rings is 1. The Morgan fingerprint density at radius 2 is 2.04 bits per heavy atom. The van der Waals surface area contributed by atoms with Crippen LogP contribution in [-0.2, 0) is 11.2 Å². The lowest BCUT2D eigenvalue weighted by molar-refractivity contribution is -0.115. The van der Waals surface area contributed by atoms with Crippen LogP contribution in [0, 0.1) is 0 Å². The Labute approximate surface area is 152 Å². The standard InChI is InChI=1S/C18H13ClN4OS/c19-13-6-4-12(5-7-13)15-10-23-14(11-25-18(23)21-15)9-17(24)22-16-3-1-2-8-20-16/h1-8,10-11H,9H2,(H,20,22,24). The first kappa shape index (κ1) is 15.8. The van der Waals surface area contributed by atoms with E-state index in [1.807, 2.05) is 52.4 Å². The van der Waals surface area contributed by atoms with Crippen LogP contribution in [0.15, 0.2) is 60.2 Å². The van der Waals surface area contributed by atoms with Crippen LogP contribution in [0.3, 0.4) is 0 Å². The van der Waals surface area contributed by atoms with Gasteiger partial charge < -0.3 is 5.32 Å². The predicted molar refractivity (Wildman–Crippen MR) is 100 cm³/mol. The van der Waals surface area contributed by atoms with Crippen LogP contribution in [0.25, 0.3) is 16.2 Å². The molecule has 0 aliphatic rings. The average molecular weight is 369 g/mol. The minimum atomic E-state index is -0.111. The second-order valence-electron chi connectivity index (χ2n) is 5.45. The molecule has 1 N–H and O–H groups in total. The highest BCUT2D eigenvalue weighted by molar-refractivity contribution is 7.15. The van der Waals surface area contributed by atoms with E-state index in [1.54, 1.807) is 12.3 Å². The molecule has 0 atom stereocenters. The lowest BCUT2D eigenvalue weighted by Crippen LogP contribution is -2.15. The maximum absolute atomic E-state index is 12.2. The van der Waals surface area contributed by atoms with E-state index in [4.69, 9.17) is 11.6 Å². The zero-order chi connectivity index (χ0) is 17.2. The number of benzene rings is 1. The van der Waals surface area contributed by atoms with Crippen LogP contribution in [0.2, 0.25) is 5.02 Å². The fraction of sp³-hybridized carbons (Fsp3) is 0.0556. The molecule has 0 unspecified atom stereocenters. The van der Waals surface area contributed by atoms with Crippen LogP contribution < -0.4 is 5.32 Å².